The monoisotopic (exact) mass is 451 g/mol. The number of rotatable bonds is 9. The van der Waals surface area contributed by atoms with Crippen LogP contribution in [0.3, 0.4) is 0 Å². The highest BCUT2D eigenvalue weighted by Gasteiger charge is 2.12. The molecule has 1 aliphatic rings. The zero-order valence-electron chi connectivity index (χ0n) is 18.3. The predicted molar refractivity (Wildman–Crippen MR) is 129 cm³/mol. The molecule has 0 spiro atoms. The molecular formula is C24H29N5O4. The number of H-pyrrole nitrogens is 2. The van der Waals surface area contributed by atoms with E-state index in [-0.39, 0.29) is 0 Å². The fraction of sp³-hybridized carbons (Fsp3) is 0.333. The van der Waals surface area contributed by atoms with Crippen molar-refractivity contribution in [3.05, 3.63) is 75.4 Å². The van der Waals surface area contributed by atoms with Crippen LogP contribution in [0.4, 0.5) is 11.4 Å². The second-order valence-electron chi connectivity index (χ2n) is 8.02. The van der Waals surface area contributed by atoms with Crippen LogP contribution in [0.5, 0.6) is 5.75 Å². The first-order valence-electron chi connectivity index (χ1n) is 11.2. The fourth-order valence-electron chi connectivity index (χ4n) is 3.95. The molecule has 0 saturated carbocycles. The quantitative estimate of drug-likeness (QED) is 0.317. The minimum absolute atomic E-state index is 0.350. The minimum atomic E-state index is -1.12. The van der Waals surface area contributed by atoms with E-state index in [4.69, 9.17) is 4.74 Å². The molecule has 1 aliphatic heterocycles. The van der Waals surface area contributed by atoms with Crippen molar-refractivity contribution in [3.8, 4) is 17.0 Å². The molecule has 0 amide bonds. The van der Waals surface area contributed by atoms with Gasteiger partial charge in [-0.3, -0.25) is 14.7 Å². The third-order valence-corrected chi connectivity index (χ3v) is 5.53. The number of para-hydroxylation sites is 1. The maximum Gasteiger partial charge on any atom is 0.326 e. The maximum absolute atomic E-state index is 11.7. The number of anilines is 2. The molecule has 174 valence electrons. The molecular weight excluding hydrogens is 422 g/mol. The van der Waals surface area contributed by atoms with E-state index in [1.54, 1.807) is 24.3 Å². The topological polar surface area (TPSA) is 122 Å². The van der Waals surface area contributed by atoms with Gasteiger partial charge in [0, 0.05) is 35.6 Å². The highest BCUT2D eigenvalue weighted by atomic mass is 16.5. The predicted octanol–water partition coefficient (Wildman–Crippen LogP) is 2.39. The second-order valence-corrected chi connectivity index (χ2v) is 8.02. The number of aliphatic hydroxyl groups excluding tert-OH is 1. The summed E-state index contributed by atoms with van der Waals surface area (Å²) in [6.45, 7) is 3.79. The Hall–Kier alpha value is -3.56. The average Bonchev–Trinajstić information content (AvgIpc) is 2.80. The largest absolute Gasteiger partial charge is 0.492 e. The van der Waals surface area contributed by atoms with Crippen molar-refractivity contribution in [2.24, 2.45) is 0 Å². The Labute approximate surface area is 191 Å². The van der Waals surface area contributed by atoms with E-state index in [1.807, 2.05) is 24.3 Å². The number of aliphatic hydroxyl groups is 1. The fourth-order valence-corrected chi connectivity index (χ4v) is 3.95. The number of likely N-dealkylation sites (tertiary alicyclic amines) is 1. The molecule has 9 nitrogen and oxygen atoms in total. The Bertz CT molecular complexity index is 1140. The Balaban J connectivity index is 1.37. The first kappa shape index (κ1) is 22.6. The summed E-state index contributed by atoms with van der Waals surface area (Å²) in [6.07, 6.45) is 2.70. The van der Waals surface area contributed by atoms with E-state index in [0.29, 0.717) is 29.2 Å². The lowest BCUT2D eigenvalue weighted by Gasteiger charge is -2.26. The number of hydrogen-bond donors (Lipinski definition) is 5. The molecule has 1 saturated heterocycles. The van der Waals surface area contributed by atoms with Gasteiger partial charge >= 0.3 is 5.69 Å². The Morgan fingerprint density at radius 3 is 2.61 bits per heavy atom. The number of nitrogens with one attached hydrogen (secondary N) is 4. The molecule has 4 rings (SSSR count). The van der Waals surface area contributed by atoms with Gasteiger partial charge in [-0.2, -0.15) is 0 Å². The van der Waals surface area contributed by atoms with Gasteiger partial charge < -0.3 is 25.5 Å². The molecule has 9 heteroatoms. The standard InChI is InChI=1S/C24H29N5O4/c30-22-16-21(27-24(32)28-22)19-9-2-3-10-20(19)26-23(31)25-17-7-6-8-18(15-17)33-14-13-29-11-4-1-5-12-29/h2-3,6-10,15-16,23,25-26,31H,1,4-5,11-14H2,(H2,27,28,30,32). The van der Waals surface area contributed by atoms with Crippen LogP contribution < -0.4 is 26.6 Å². The van der Waals surface area contributed by atoms with E-state index in [0.717, 1.165) is 25.4 Å². The van der Waals surface area contributed by atoms with Crippen molar-refractivity contribution in [1.29, 1.82) is 0 Å². The second kappa shape index (κ2) is 10.8. The lowest BCUT2D eigenvalue weighted by atomic mass is 10.1. The number of benzene rings is 2. The van der Waals surface area contributed by atoms with Crippen LogP contribution in [0.1, 0.15) is 19.3 Å². The highest BCUT2D eigenvalue weighted by Crippen LogP contribution is 2.26. The third kappa shape index (κ3) is 6.47. The number of aromatic nitrogens is 2. The van der Waals surface area contributed by atoms with Gasteiger partial charge in [-0.05, 0) is 44.1 Å². The Morgan fingerprint density at radius 1 is 0.970 bits per heavy atom. The van der Waals surface area contributed by atoms with Gasteiger partial charge in [0.25, 0.3) is 5.56 Å². The zero-order chi connectivity index (χ0) is 23.0. The van der Waals surface area contributed by atoms with Gasteiger partial charge in [-0.15, -0.1) is 0 Å². The summed E-state index contributed by atoms with van der Waals surface area (Å²) in [5, 5.41) is 16.5. The summed E-state index contributed by atoms with van der Waals surface area (Å²) in [6, 6.07) is 15.8. The third-order valence-electron chi connectivity index (χ3n) is 5.53. The molecule has 2 heterocycles. The first-order valence-corrected chi connectivity index (χ1v) is 11.2. The van der Waals surface area contributed by atoms with Gasteiger partial charge in [-0.1, -0.05) is 30.7 Å². The average molecular weight is 452 g/mol. The lowest BCUT2D eigenvalue weighted by Crippen LogP contribution is -2.33. The summed E-state index contributed by atoms with van der Waals surface area (Å²) >= 11 is 0. The number of aromatic amines is 2. The summed E-state index contributed by atoms with van der Waals surface area (Å²) in [4.78, 5) is 30.5. The minimum Gasteiger partial charge on any atom is -0.492 e. The number of hydrogen-bond acceptors (Lipinski definition) is 7. The van der Waals surface area contributed by atoms with E-state index >= 15 is 0 Å². The van der Waals surface area contributed by atoms with Crippen LogP contribution in [0, 0.1) is 0 Å². The molecule has 33 heavy (non-hydrogen) atoms. The van der Waals surface area contributed by atoms with Crippen LogP contribution in [0.2, 0.25) is 0 Å². The van der Waals surface area contributed by atoms with Crippen molar-refractivity contribution in [1.82, 2.24) is 14.9 Å². The van der Waals surface area contributed by atoms with Crippen molar-refractivity contribution in [2.75, 3.05) is 36.9 Å². The van der Waals surface area contributed by atoms with Gasteiger partial charge in [0.15, 0.2) is 0 Å². The van der Waals surface area contributed by atoms with Crippen molar-refractivity contribution in [3.63, 3.8) is 0 Å². The van der Waals surface area contributed by atoms with Crippen LogP contribution in [-0.4, -0.2) is 52.6 Å². The summed E-state index contributed by atoms with van der Waals surface area (Å²) in [5.41, 5.74) is 1.07. The summed E-state index contributed by atoms with van der Waals surface area (Å²) < 4.78 is 5.90. The van der Waals surface area contributed by atoms with E-state index in [2.05, 4.69) is 25.5 Å². The summed E-state index contributed by atoms with van der Waals surface area (Å²) in [5.74, 6) is 0.727. The molecule has 0 bridgehead atoms. The molecule has 1 fully saturated rings. The van der Waals surface area contributed by atoms with Crippen molar-refractivity contribution < 1.29 is 9.84 Å². The molecule has 5 N–H and O–H groups in total. The van der Waals surface area contributed by atoms with Gasteiger partial charge in [0.2, 0.25) is 6.35 Å². The molecule has 0 aliphatic carbocycles. The maximum atomic E-state index is 11.7. The Morgan fingerprint density at radius 2 is 1.79 bits per heavy atom. The van der Waals surface area contributed by atoms with E-state index < -0.39 is 17.6 Å². The molecule has 0 radical (unpaired) electrons. The molecule has 3 aromatic rings. The first-order chi connectivity index (χ1) is 16.1. The SMILES string of the molecule is O=c1cc(-c2ccccc2NC(O)Nc2cccc(OCCN3CCCCC3)c2)[nH]c(=O)[nH]1. The van der Waals surface area contributed by atoms with Crippen LogP contribution in [-0.2, 0) is 0 Å². The Kier molecular flexibility index (Phi) is 7.43. The number of ether oxygens (including phenoxy) is 1. The molecule has 1 aromatic heterocycles. The smallest absolute Gasteiger partial charge is 0.326 e. The van der Waals surface area contributed by atoms with Crippen LogP contribution >= 0.6 is 0 Å². The van der Waals surface area contributed by atoms with E-state index in [9.17, 15) is 14.7 Å². The zero-order valence-corrected chi connectivity index (χ0v) is 18.3. The van der Waals surface area contributed by atoms with Crippen LogP contribution in [0.25, 0.3) is 11.3 Å². The van der Waals surface area contributed by atoms with Crippen molar-refractivity contribution >= 4 is 11.4 Å². The summed E-state index contributed by atoms with van der Waals surface area (Å²) in [7, 11) is 0. The van der Waals surface area contributed by atoms with Gasteiger partial charge in [-0.25, -0.2) is 4.79 Å². The van der Waals surface area contributed by atoms with E-state index in [1.165, 1.54) is 25.3 Å². The number of piperidine rings is 1. The molecule has 2 aromatic carbocycles. The normalized spacial score (nSPS) is 15.1. The van der Waals surface area contributed by atoms with Crippen LogP contribution in [0.15, 0.2) is 64.2 Å². The highest BCUT2D eigenvalue weighted by molar-refractivity contribution is 5.75. The van der Waals surface area contributed by atoms with Gasteiger partial charge in [0.1, 0.15) is 12.4 Å². The molecule has 1 atom stereocenters. The van der Waals surface area contributed by atoms with Gasteiger partial charge in [0.05, 0.1) is 5.69 Å². The number of nitrogens with zero attached hydrogens (tertiary/aromatic N) is 1. The lowest BCUT2D eigenvalue weighted by molar-refractivity contribution is 0.183. The van der Waals surface area contributed by atoms with Crippen molar-refractivity contribution in [2.45, 2.75) is 25.6 Å². The molecule has 1 unspecified atom stereocenters.